The van der Waals surface area contributed by atoms with Crippen LogP contribution < -0.4 is 4.90 Å². The lowest BCUT2D eigenvalue weighted by molar-refractivity contribution is 0.122. The van der Waals surface area contributed by atoms with Crippen molar-refractivity contribution in [3.63, 3.8) is 0 Å². The third-order valence-corrected chi connectivity index (χ3v) is 3.33. The molecule has 0 aromatic carbocycles. The molecule has 1 fully saturated rings. The molecule has 1 aliphatic heterocycles. The Labute approximate surface area is 101 Å². The molecule has 4 nitrogen and oxygen atoms in total. The number of aryl methyl sites for hydroxylation is 2. The van der Waals surface area contributed by atoms with Crippen LogP contribution in [0.25, 0.3) is 5.65 Å². The SMILES string of the molecule is Cc1ccn2c(C)cc(N3CCOCC3)nc12. The van der Waals surface area contributed by atoms with Crippen LogP contribution in [0.5, 0.6) is 0 Å². The van der Waals surface area contributed by atoms with E-state index in [1.54, 1.807) is 0 Å². The molecular weight excluding hydrogens is 214 g/mol. The molecule has 0 amide bonds. The van der Waals surface area contributed by atoms with Gasteiger partial charge in [0.25, 0.3) is 0 Å². The first-order valence-electron chi connectivity index (χ1n) is 6.04. The van der Waals surface area contributed by atoms with E-state index in [0.717, 1.165) is 37.8 Å². The van der Waals surface area contributed by atoms with Crippen molar-refractivity contribution in [1.29, 1.82) is 0 Å². The molecular formula is C13H17N3O. The Morgan fingerprint density at radius 2 is 2.00 bits per heavy atom. The predicted octanol–water partition coefficient (Wildman–Crippen LogP) is 1.79. The molecule has 0 radical (unpaired) electrons. The summed E-state index contributed by atoms with van der Waals surface area (Å²) >= 11 is 0. The van der Waals surface area contributed by atoms with Gasteiger partial charge in [0.1, 0.15) is 11.5 Å². The van der Waals surface area contributed by atoms with Gasteiger partial charge in [-0.05, 0) is 25.5 Å². The van der Waals surface area contributed by atoms with E-state index in [2.05, 4.69) is 41.5 Å². The van der Waals surface area contributed by atoms with Crippen LogP contribution in [0.3, 0.4) is 0 Å². The molecule has 0 spiro atoms. The molecule has 0 N–H and O–H groups in total. The first kappa shape index (κ1) is 10.6. The van der Waals surface area contributed by atoms with Crippen LogP contribution in [0.4, 0.5) is 5.82 Å². The van der Waals surface area contributed by atoms with Gasteiger partial charge < -0.3 is 14.0 Å². The Morgan fingerprint density at radius 3 is 2.76 bits per heavy atom. The number of nitrogens with zero attached hydrogens (tertiary/aromatic N) is 3. The van der Waals surface area contributed by atoms with E-state index < -0.39 is 0 Å². The van der Waals surface area contributed by atoms with Crippen molar-refractivity contribution in [2.24, 2.45) is 0 Å². The molecule has 1 saturated heterocycles. The quantitative estimate of drug-likeness (QED) is 0.749. The van der Waals surface area contributed by atoms with Crippen LogP contribution in [-0.2, 0) is 4.74 Å². The van der Waals surface area contributed by atoms with Crippen molar-refractivity contribution in [1.82, 2.24) is 9.38 Å². The molecule has 0 atom stereocenters. The maximum absolute atomic E-state index is 5.37. The van der Waals surface area contributed by atoms with Crippen LogP contribution in [0.1, 0.15) is 11.3 Å². The summed E-state index contributed by atoms with van der Waals surface area (Å²) in [7, 11) is 0. The van der Waals surface area contributed by atoms with Gasteiger partial charge in [0.15, 0.2) is 0 Å². The summed E-state index contributed by atoms with van der Waals surface area (Å²) in [4.78, 5) is 7.05. The molecule has 0 bridgehead atoms. The molecule has 3 heterocycles. The number of hydrogen-bond donors (Lipinski definition) is 0. The second kappa shape index (κ2) is 4.04. The highest BCUT2D eigenvalue weighted by atomic mass is 16.5. The van der Waals surface area contributed by atoms with Crippen LogP contribution in [-0.4, -0.2) is 35.7 Å². The van der Waals surface area contributed by atoms with E-state index in [4.69, 9.17) is 9.72 Å². The van der Waals surface area contributed by atoms with Gasteiger partial charge in [-0.1, -0.05) is 0 Å². The van der Waals surface area contributed by atoms with Crippen LogP contribution in [0, 0.1) is 13.8 Å². The highest BCUT2D eigenvalue weighted by molar-refractivity contribution is 5.55. The minimum Gasteiger partial charge on any atom is -0.378 e. The third-order valence-electron chi connectivity index (χ3n) is 3.33. The van der Waals surface area contributed by atoms with Gasteiger partial charge in [0.2, 0.25) is 0 Å². The summed E-state index contributed by atoms with van der Waals surface area (Å²) < 4.78 is 7.51. The minimum absolute atomic E-state index is 0.798. The van der Waals surface area contributed by atoms with Crippen molar-refractivity contribution in [2.45, 2.75) is 13.8 Å². The number of anilines is 1. The standard InChI is InChI=1S/C13H17N3O/c1-10-3-4-16-11(2)9-12(14-13(10)16)15-5-7-17-8-6-15/h3-4,9H,5-8H2,1-2H3. The Kier molecular flexibility index (Phi) is 2.52. The van der Waals surface area contributed by atoms with Gasteiger partial charge in [0.05, 0.1) is 13.2 Å². The summed E-state index contributed by atoms with van der Waals surface area (Å²) in [6.45, 7) is 7.69. The first-order valence-corrected chi connectivity index (χ1v) is 6.04. The van der Waals surface area contributed by atoms with Gasteiger partial charge in [0, 0.05) is 31.0 Å². The lowest BCUT2D eigenvalue weighted by Gasteiger charge is -2.28. The fourth-order valence-electron chi connectivity index (χ4n) is 2.30. The maximum atomic E-state index is 5.37. The zero-order chi connectivity index (χ0) is 11.8. The van der Waals surface area contributed by atoms with E-state index in [9.17, 15) is 0 Å². The van der Waals surface area contributed by atoms with Gasteiger partial charge in [-0.3, -0.25) is 0 Å². The Morgan fingerprint density at radius 1 is 1.24 bits per heavy atom. The summed E-state index contributed by atoms with van der Waals surface area (Å²) in [6, 6.07) is 4.26. The normalized spacial score (nSPS) is 16.7. The van der Waals surface area contributed by atoms with Gasteiger partial charge in [-0.25, -0.2) is 4.98 Å². The Bertz CT molecular complexity index is 541. The topological polar surface area (TPSA) is 29.8 Å². The summed E-state index contributed by atoms with van der Waals surface area (Å²) in [5.41, 5.74) is 3.51. The summed E-state index contributed by atoms with van der Waals surface area (Å²) in [5.74, 6) is 1.07. The lowest BCUT2D eigenvalue weighted by Crippen LogP contribution is -2.36. The van der Waals surface area contributed by atoms with Crippen LogP contribution in [0.2, 0.25) is 0 Å². The highest BCUT2D eigenvalue weighted by Gasteiger charge is 2.14. The number of fused-ring (bicyclic) bond motifs is 1. The smallest absolute Gasteiger partial charge is 0.142 e. The monoisotopic (exact) mass is 231 g/mol. The highest BCUT2D eigenvalue weighted by Crippen LogP contribution is 2.19. The van der Waals surface area contributed by atoms with E-state index in [0.29, 0.717) is 0 Å². The van der Waals surface area contributed by atoms with E-state index in [-0.39, 0.29) is 0 Å². The third kappa shape index (κ3) is 1.78. The second-order valence-corrected chi connectivity index (χ2v) is 4.55. The minimum atomic E-state index is 0.798. The summed E-state index contributed by atoms with van der Waals surface area (Å²) in [6.07, 6.45) is 2.08. The first-order chi connectivity index (χ1) is 8.25. The van der Waals surface area contributed by atoms with E-state index in [1.165, 1.54) is 11.3 Å². The molecule has 0 aliphatic carbocycles. The van der Waals surface area contributed by atoms with Crippen LogP contribution >= 0.6 is 0 Å². The molecule has 90 valence electrons. The number of hydrogen-bond acceptors (Lipinski definition) is 3. The average Bonchev–Trinajstić information content (AvgIpc) is 2.73. The van der Waals surface area contributed by atoms with Crippen molar-refractivity contribution >= 4 is 11.5 Å². The largest absolute Gasteiger partial charge is 0.378 e. The molecule has 2 aromatic rings. The van der Waals surface area contributed by atoms with Gasteiger partial charge >= 0.3 is 0 Å². The molecule has 17 heavy (non-hydrogen) atoms. The number of rotatable bonds is 1. The molecule has 2 aromatic heterocycles. The molecule has 1 aliphatic rings. The number of aromatic nitrogens is 2. The zero-order valence-corrected chi connectivity index (χ0v) is 10.3. The van der Waals surface area contributed by atoms with E-state index in [1.807, 2.05) is 0 Å². The van der Waals surface area contributed by atoms with Crippen molar-refractivity contribution < 1.29 is 4.74 Å². The van der Waals surface area contributed by atoms with Crippen molar-refractivity contribution in [2.75, 3.05) is 31.2 Å². The van der Waals surface area contributed by atoms with Crippen molar-refractivity contribution in [3.05, 3.63) is 29.6 Å². The fraction of sp³-hybridized carbons (Fsp3) is 0.462. The second-order valence-electron chi connectivity index (χ2n) is 4.55. The summed E-state index contributed by atoms with van der Waals surface area (Å²) in [5, 5.41) is 0. The predicted molar refractivity (Wildman–Crippen MR) is 67.7 cm³/mol. The van der Waals surface area contributed by atoms with E-state index >= 15 is 0 Å². The Balaban J connectivity index is 2.07. The number of ether oxygens (including phenoxy) is 1. The molecule has 0 unspecified atom stereocenters. The molecule has 4 heteroatoms. The zero-order valence-electron chi connectivity index (χ0n) is 10.3. The number of morpholine rings is 1. The lowest BCUT2D eigenvalue weighted by atomic mass is 10.3. The maximum Gasteiger partial charge on any atom is 0.142 e. The van der Waals surface area contributed by atoms with Crippen LogP contribution in [0.15, 0.2) is 18.3 Å². The van der Waals surface area contributed by atoms with Gasteiger partial charge in [-0.15, -0.1) is 0 Å². The van der Waals surface area contributed by atoms with Crippen molar-refractivity contribution in [3.8, 4) is 0 Å². The Hall–Kier alpha value is -1.55. The fourth-order valence-corrected chi connectivity index (χ4v) is 2.30. The molecule has 3 rings (SSSR count). The molecule has 0 saturated carbocycles. The van der Waals surface area contributed by atoms with Gasteiger partial charge in [-0.2, -0.15) is 0 Å². The average molecular weight is 231 g/mol.